The molecule has 0 fully saturated rings. The molecule has 1 N–H and O–H groups in total. The van der Waals surface area contributed by atoms with E-state index in [1.165, 1.54) is 29.9 Å². The van der Waals surface area contributed by atoms with Crippen molar-refractivity contribution in [2.24, 2.45) is 5.10 Å². The Bertz CT molecular complexity index is 1230. The first-order valence-electron chi connectivity index (χ1n) is 8.06. The molecule has 6 nitrogen and oxygen atoms in total. The van der Waals surface area contributed by atoms with Crippen LogP contribution in [0, 0.1) is 0 Å². The highest BCUT2D eigenvalue weighted by atomic mass is 32.1. The lowest BCUT2D eigenvalue weighted by molar-refractivity contribution is 0.0697. The van der Waals surface area contributed by atoms with Gasteiger partial charge in [0.1, 0.15) is 11.2 Å². The third-order valence-electron chi connectivity index (χ3n) is 4.08. The number of thiophene rings is 1. The van der Waals surface area contributed by atoms with Gasteiger partial charge in [-0.1, -0.05) is 48.5 Å². The number of hydrogen-bond donors (Lipinski definition) is 1. The minimum Gasteiger partial charge on any atom is -0.478 e. The Morgan fingerprint density at radius 1 is 1.11 bits per heavy atom. The van der Waals surface area contributed by atoms with E-state index in [2.05, 4.69) is 10.1 Å². The van der Waals surface area contributed by atoms with Gasteiger partial charge in [0.2, 0.25) is 0 Å². The van der Waals surface area contributed by atoms with Crippen LogP contribution in [-0.4, -0.2) is 27.0 Å². The summed E-state index contributed by atoms with van der Waals surface area (Å²) in [4.78, 5) is 29.2. The van der Waals surface area contributed by atoms with Crippen molar-refractivity contribution in [2.45, 2.75) is 0 Å². The number of carboxylic acids is 1. The molecule has 132 valence electrons. The van der Waals surface area contributed by atoms with Crippen molar-refractivity contribution in [2.75, 3.05) is 0 Å². The van der Waals surface area contributed by atoms with Gasteiger partial charge in [-0.05, 0) is 11.6 Å². The molecule has 0 spiro atoms. The fourth-order valence-corrected chi connectivity index (χ4v) is 3.67. The van der Waals surface area contributed by atoms with Gasteiger partial charge in [0.25, 0.3) is 5.56 Å². The summed E-state index contributed by atoms with van der Waals surface area (Å²) in [6, 6.07) is 16.1. The molecule has 0 unspecified atom stereocenters. The van der Waals surface area contributed by atoms with Crippen LogP contribution < -0.4 is 5.56 Å². The second kappa shape index (κ2) is 6.97. The van der Waals surface area contributed by atoms with E-state index in [1.54, 1.807) is 18.2 Å². The van der Waals surface area contributed by atoms with Gasteiger partial charge in [-0.2, -0.15) is 9.78 Å². The number of aromatic carboxylic acids is 1. The van der Waals surface area contributed by atoms with Gasteiger partial charge in [-0.25, -0.2) is 9.78 Å². The lowest BCUT2D eigenvalue weighted by Crippen LogP contribution is -2.17. The molecule has 2 aromatic heterocycles. The van der Waals surface area contributed by atoms with E-state index in [9.17, 15) is 14.7 Å². The Balaban J connectivity index is 1.82. The van der Waals surface area contributed by atoms with Crippen molar-refractivity contribution in [1.29, 1.82) is 0 Å². The summed E-state index contributed by atoms with van der Waals surface area (Å²) in [7, 11) is 0. The Morgan fingerprint density at radius 3 is 2.63 bits per heavy atom. The highest BCUT2D eigenvalue weighted by molar-refractivity contribution is 7.17. The molecule has 7 heteroatoms. The van der Waals surface area contributed by atoms with E-state index in [1.807, 2.05) is 35.7 Å². The number of aromatic nitrogens is 2. The van der Waals surface area contributed by atoms with Crippen molar-refractivity contribution in [3.05, 3.63) is 87.8 Å². The van der Waals surface area contributed by atoms with Crippen molar-refractivity contribution < 1.29 is 9.90 Å². The molecule has 0 amide bonds. The number of carboxylic acid groups (broad SMARTS) is 1. The third-order valence-corrected chi connectivity index (χ3v) is 4.96. The molecule has 0 bridgehead atoms. The smallest absolute Gasteiger partial charge is 0.336 e. The molecule has 0 aliphatic heterocycles. The Morgan fingerprint density at radius 2 is 1.85 bits per heavy atom. The van der Waals surface area contributed by atoms with E-state index in [0.29, 0.717) is 15.8 Å². The van der Waals surface area contributed by atoms with Gasteiger partial charge in [0, 0.05) is 16.5 Å². The largest absolute Gasteiger partial charge is 0.478 e. The topological polar surface area (TPSA) is 84.5 Å². The first-order chi connectivity index (χ1) is 13.1. The Labute approximate surface area is 157 Å². The lowest BCUT2D eigenvalue weighted by Gasteiger charge is -2.02. The molecule has 0 saturated carbocycles. The molecule has 0 atom stereocenters. The highest BCUT2D eigenvalue weighted by Gasteiger charge is 2.13. The normalized spacial score (nSPS) is 11.3. The van der Waals surface area contributed by atoms with E-state index in [4.69, 9.17) is 0 Å². The first-order valence-corrected chi connectivity index (χ1v) is 8.94. The Hall–Kier alpha value is -3.58. The first kappa shape index (κ1) is 16.9. The number of nitrogens with zero attached hydrogens (tertiary/aromatic N) is 3. The SMILES string of the molecule is O=C(O)c1ccccc1/C=N/n1cnc2scc(-c3ccccc3)c2c1=O. The number of rotatable bonds is 4. The quantitative estimate of drug-likeness (QED) is 0.551. The van der Waals surface area contributed by atoms with Crippen LogP contribution in [0.2, 0.25) is 0 Å². The summed E-state index contributed by atoms with van der Waals surface area (Å²) in [6.45, 7) is 0. The average Bonchev–Trinajstić information content (AvgIpc) is 3.13. The molecule has 27 heavy (non-hydrogen) atoms. The van der Waals surface area contributed by atoms with E-state index in [-0.39, 0.29) is 11.1 Å². The Kier molecular flexibility index (Phi) is 4.35. The monoisotopic (exact) mass is 375 g/mol. The molecule has 0 aliphatic carbocycles. The molecule has 0 radical (unpaired) electrons. The maximum absolute atomic E-state index is 12.9. The van der Waals surface area contributed by atoms with Crippen LogP contribution in [0.4, 0.5) is 0 Å². The van der Waals surface area contributed by atoms with Gasteiger partial charge >= 0.3 is 5.97 Å². The summed E-state index contributed by atoms with van der Waals surface area (Å²) in [5, 5.41) is 15.8. The number of benzene rings is 2. The summed E-state index contributed by atoms with van der Waals surface area (Å²) in [6.07, 6.45) is 2.70. The van der Waals surface area contributed by atoms with E-state index in [0.717, 1.165) is 15.8 Å². The second-order valence-electron chi connectivity index (χ2n) is 5.73. The molecule has 4 aromatic rings. The molecular weight excluding hydrogens is 362 g/mol. The zero-order chi connectivity index (χ0) is 18.8. The van der Waals surface area contributed by atoms with Crippen LogP contribution in [0.1, 0.15) is 15.9 Å². The van der Waals surface area contributed by atoms with Gasteiger partial charge in [-0.15, -0.1) is 11.3 Å². The summed E-state index contributed by atoms with van der Waals surface area (Å²) >= 11 is 1.40. The standard InChI is InChI=1S/C20H13N3O3S/c24-19-17-16(13-6-2-1-3-7-13)11-27-18(17)21-12-23(19)22-10-14-8-4-5-9-15(14)20(25)26/h1-12H,(H,25,26)/b22-10+. The summed E-state index contributed by atoms with van der Waals surface area (Å²) in [5.74, 6) is -1.05. The number of hydrogen-bond acceptors (Lipinski definition) is 5. The van der Waals surface area contributed by atoms with Crippen molar-refractivity contribution in [1.82, 2.24) is 9.66 Å². The second-order valence-corrected chi connectivity index (χ2v) is 6.58. The predicted molar refractivity (Wildman–Crippen MR) is 106 cm³/mol. The fraction of sp³-hybridized carbons (Fsp3) is 0. The molecule has 0 aliphatic rings. The van der Waals surface area contributed by atoms with Crippen LogP contribution in [-0.2, 0) is 0 Å². The summed E-state index contributed by atoms with van der Waals surface area (Å²) < 4.78 is 1.13. The molecule has 4 rings (SSSR count). The van der Waals surface area contributed by atoms with Crippen molar-refractivity contribution in [3.8, 4) is 11.1 Å². The van der Waals surface area contributed by atoms with E-state index >= 15 is 0 Å². The lowest BCUT2D eigenvalue weighted by atomic mass is 10.1. The van der Waals surface area contributed by atoms with Gasteiger partial charge < -0.3 is 5.11 Å². The molecule has 0 saturated heterocycles. The number of carbonyl (C=O) groups is 1. The van der Waals surface area contributed by atoms with Crippen LogP contribution in [0.25, 0.3) is 21.3 Å². The predicted octanol–water partition coefficient (Wildman–Crippen LogP) is 3.71. The van der Waals surface area contributed by atoms with Crippen LogP contribution in [0.5, 0.6) is 0 Å². The maximum Gasteiger partial charge on any atom is 0.336 e. The van der Waals surface area contributed by atoms with Crippen LogP contribution in [0.3, 0.4) is 0 Å². The zero-order valence-corrected chi connectivity index (χ0v) is 14.8. The molecule has 2 heterocycles. The molecular formula is C20H13N3O3S. The van der Waals surface area contributed by atoms with Crippen molar-refractivity contribution >= 4 is 33.7 Å². The van der Waals surface area contributed by atoms with Crippen LogP contribution >= 0.6 is 11.3 Å². The summed E-state index contributed by atoms with van der Waals surface area (Å²) in [5.41, 5.74) is 1.96. The van der Waals surface area contributed by atoms with Crippen molar-refractivity contribution in [3.63, 3.8) is 0 Å². The fourth-order valence-electron chi connectivity index (χ4n) is 2.76. The van der Waals surface area contributed by atoms with Gasteiger partial charge in [-0.3, -0.25) is 4.79 Å². The maximum atomic E-state index is 12.9. The van der Waals surface area contributed by atoms with Gasteiger partial charge in [0.15, 0.2) is 0 Å². The number of fused-ring (bicyclic) bond motifs is 1. The minimum absolute atomic E-state index is 0.115. The van der Waals surface area contributed by atoms with Gasteiger partial charge in [0.05, 0.1) is 17.2 Å². The average molecular weight is 375 g/mol. The van der Waals surface area contributed by atoms with E-state index < -0.39 is 5.97 Å². The van der Waals surface area contributed by atoms with Crippen LogP contribution in [0.15, 0.2) is 76.2 Å². The minimum atomic E-state index is -1.05. The zero-order valence-electron chi connectivity index (χ0n) is 13.9. The highest BCUT2D eigenvalue weighted by Crippen LogP contribution is 2.30. The third kappa shape index (κ3) is 3.16. The molecule has 2 aromatic carbocycles.